The first-order chi connectivity index (χ1) is 8.16. The van der Waals surface area contributed by atoms with Gasteiger partial charge in [0.15, 0.2) is 0 Å². The number of hydrogen-bond donors (Lipinski definition) is 1. The average Bonchev–Trinajstić information content (AvgIpc) is 2.97. The quantitative estimate of drug-likeness (QED) is 0.863. The summed E-state index contributed by atoms with van der Waals surface area (Å²) in [4.78, 5) is 24.2. The van der Waals surface area contributed by atoms with Crippen LogP contribution in [0.4, 0.5) is 0 Å². The Hall–Kier alpha value is -1.78. The van der Waals surface area contributed by atoms with E-state index in [1.807, 2.05) is 0 Å². The SMILES string of the molecule is O=C(O)CCC1CCN(C(=O)c2ccoc2)C1. The molecular formula is C12H15NO4. The van der Waals surface area contributed by atoms with Gasteiger partial charge in [-0.1, -0.05) is 0 Å². The van der Waals surface area contributed by atoms with Crippen LogP contribution in [0.3, 0.4) is 0 Å². The predicted octanol–water partition coefficient (Wildman–Crippen LogP) is 1.61. The standard InChI is InChI=1S/C12H15NO4/c14-11(15)2-1-9-3-5-13(7-9)12(16)10-4-6-17-8-10/h4,6,8-9H,1-3,5,7H2,(H,14,15). The Labute approximate surface area is 99.0 Å². The van der Waals surface area contributed by atoms with E-state index in [1.165, 1.54) is 12.5 Å². The molecule has 1 amide bonds. The minimum atomic E-state index is -0.774. The minimum Gasteiger partial charge on any atom is -0.481 e. The van der Waals surface area contributed by atoms with Crippen LogP contribution in [0.1, 0.15) is 29.6 Å². The Morgan fingerprint density at radius 1 is 1.53 bits per heavy atom. The van der Waals surface area contributed by atoms with E-state index in [9.17, 15) is 9.59 Å². The molecule has 1 aromatic rings. The molecule has 1 N–H and O–H groups in total. The van der Waals surface area contributed by atoms with Gasteiger partial charge in [0.1, 0.15) is 6.26 Å². The van der Waals surface area contributed by atoms with Gasteiger partial charge in [0, 0.05) is 19.5 Å². The second kappa shape index (κ2) is 5.03. The Morgan fingerprint density at radius 2 is 2.35 bits per heavy atom. The molecule has 1 saturated heterocycles. The number of hydrogen-bond acceptors (Lipinski definition) is 3. The van der Waals surface area contributed by atoms with Gasteiger partial charge < -0.3 is 14.4 Å². The molecule has 0 aromatic carbocycles. The Bertz CT molecular complexity index is 399. The van der Waals surface area contributed by atoms with Crippen molar-refractivity contribution < 1.29 is 19.1 Å². The highest BCUT2D eigenvalue weighted by atomic mass is 16.4. The van der Waals surface area contributed by atoms with Crippen molar-refractivity contribution in [2.75, 3.05) is 13.1 Å². The zero-order valence-corrected chi connectivity index (χ0v) is 9.46. The van der Waals surface area contributed by atoms with Gasteiger partial charge in [0.25, 0.3) is 5.91 Å². The molecule has 1 fully saturated rings. The van der Waals surface area contributed by atoms with Crippen molar-refractivity contribution >= 4 is 11.9 Å². The molecule has 0 spiro atoms. The second-order valence-corrected chi connectivity index (χ2v) is 4.35. The van der Waals surface area contributed by atoms with Gasteiger partial charge in [-0.25, -0.2) is 0 Å². The van der Waals surface area contributed by atoms with Crippen LogP contribution in [0.15, 0.2) is 23.0 Å². The molecule has 17 heavy (non-hydrogen) atoms. The van der Waals surface area contributed by atoms with Crippen LogP contribution in [0.25, 0.3) is 0 Å². The number of furan rings is 1. The lowest BCUT2D eigenvalue weighted by Crippen LogP contribution is -2.28. The monoisotopic (exact) mass is 237 g/mol. The van der Waals surface area contributed by atoms with Crippen LogP contribution in [-0.2, 0) is 4.79 Å². The summed E-state index contributed by atoms with van der Waals surface area (Å²) in [7, 11) is 0. The van der Waals surface area contributed by atoms with Gasteiger partial charge in [0.05, 0.1) is 11.8 Å². The maximum absolute atomic E-state index is 11.9. The first kappa shape index (κ1) is 11.7. The fraction of sp³-hybridized carbons (Fsp3) is 0.500. The smallest absolute Gasteiger partial charge is 0.303 e. The van der Waals surface area contributed by atoms with Crippen molar-refractivity contribution in [3.63, 3.8) is 0 Å². The van der Waals surface area contributed by atoms with Crippen molar-refractivity contribution in [1.82, 2.24) is 4.90 Å². The fourth-order valence-electron chi connectivity index (χ4n) is 2.15. The molecule has 2 heterocycles. The first-order valence-corrected chi connectivity index (χ1v) is 5.70. The Morgan fingerprint density at radius 3 is 3.00 bits per heavy atom. The number of likely N-dealkylation sites (tertiary alicyclic amines) is 1. The number of carbonyl (C=O) groups excluding carboxylic acids is 1. The summed E-state index contributed by atoms with van der Waals surface area (Å²) < 4.78 is 4.88. The van der Waals surface area contributed by atoms with Crippen LogP contribution < -0.4 is 0 Å². The van der Waals surface area contributed by atoms with Gasteiger partial charge in [-0.3, -0.25) is 9.59 Å². The van der Waals surface area contributed by atoms with E-state index in [2.05, 4.69) is 0 Å². The Balaban J connectivity index is 1.85. The summed E-state index contributed by atoms with van der Waals surface area (Å²) in [5, 5.41) is 8.61. The van der Waals surface area contributed by atoms with E-state index in [0.29, 0.717) is 31.0 Å². The van der Waals surface area contributed by atoms with Crippen molar-refractivity contribution in [3.8, 4) is 0 Å². The third-order valence-electron chi connectivity index (χ3n) is 3.11. The normalized spacial score (nSPS) is 19.5. The third-order valence-corrected chi connectivity index (χ3v) is 3.11. The molecule has 1 aliphatic rings. The van der Waals surface area contributed by atoms with Crippen LogP contribution in [0.2, 0.25) is 0 Å². The maximum Gasteiger partial charge on any atom is 0.303 e. The number of aliphatic carboxylic acids is 1. The number of carboxylic acids is 1. The molecule has 0 bridgehead atoms. The van der Waals surface area contributed by atoms with E-state index < -0.39 is 5.97 Å². The van der Waals surface area contributed by atoms with E-state index in [4.69, 9.17) is 9.52 Å². The van der Waals surface area contributed by atoms with E-state index in [0.717, 1.165) is 6.42 Å². The van der Waals surface area contributed by atoms with Crippen molar-refractivity contribution in [2.45, 2.75) is 19.3 Å². The second-order valence-electron chi connectivity index (χ2n) is 4.35. The van der Waals surface area contributed by atoms with Crippen LogP contribution in [0.5, 0.6) is 0 Å². The van der Waals surface area contributed by atoms with Crippen LogP contribution in [-0.4, -0.2) is 35.0 Å². The summed E-state index contributed by atoms with van der Waals surface area (Å²) in [6, 6.07) is 1.65. The lowest BCUT2D eigenvalue weighted by atomic mass is 10.0. The third kappa shape index (κ3) is 2.87. The summed E-state index contributed by atoms with van der Waals surface area (Å²) in [6.45, 7) is 1.35. The number of carboxylic acid groups (broad SMARTS) is 1. The van der Waals surface area contributed by atoms with Gasteiger partial charge in [-0.05, 0) is 24.8 Å². The molecule has 0 saturated carbocycles. The summed E-state index contributed by atoms with van der Waals surface area (Å²) in [6.07, 6.45) is 4.62. The molecule has 1 aliphatic heterocycles. The largest absolute Gasteiger partial charge is 0.481 e. The highest BCUT2D eigenvalue weighted by Gasteiger charge is 2.27. The molecule has 1 unspecified atom stereocenters. The highest BCUT2D eigenvalue weighted by Crippen LogP contribution is 2.22. The lowest BCUT2D eigenvalue weighted by Gasteiger charge is -2.15. The topological polar surface area (TPSA) is 70.8 Å². The van der Waals surface area contributed by atoms with Crippen LogP contribution >= 0.6 is 0 Å². The Kier molecular flexibility index (Phi) is 3.46. The molecule has 92 valence electrons. The van der Waals surface area contributed by atoms with Gasteiger partial charge >= 0.3 is 5.97 Å². The lowest BCUT2D eigenvalue weighted by molar-refractivity contribution is -0.137. The van der Waals surface area contributed by atoms with Crippen molar-refractivity contribution in [1.29, 1.82) is 0 Å². The number of rotatable bonds is 4. The number of carbonyl (C=O) groups is 2. The summed E-state index contributed by atoms with van der Waals surface area (Å²) in [5.74, 6) is -0.497. The summed E-state index contributed by atoms with van der Waals surface area (Å²) in [5.41, 5.74) is 0.559. The molecular weight excluding hydrogens is 222 g/mol. The van der Waals surface area contributed by atoms with Crippen molar-refractivity contribution in [3.05, 3.63) is 24.2 Å². The number of nitrogens with zero attached hydrogens (tertiary/aromatic N) is 1. The minimum absolute atomic E-state index is 0.0309. The zero-order valence-electron chi connectivity index (χ0n) is 9.46. The van der Waals surface area contributed by atoms with Gasteiger partial charge in [0.2, 0.25) is 0 Å². The van der Waals surface area contributed by atoms with E-state index in [-0.39, 0.29) is 12.3 Å². The van der Waals surface area contributed by atoms with Crippen LogP contribution in [0, 0.1) is 5.92 Å². The van der Waals surface area contributed by atoms with Crippen molar-refractivity contribution in [2.24, 2.45) is 5.92 Å². The predicted molar refractivity (Wildman–Crippen MR) is 59.6 cm³/mol. The molecule has 1 atom stereocenters. The molecule has 0 radical (unpaired) electrons. The summed E-state index contributed by atoms with van der Waals surface area (Å²) >= 11 is 0. The average molecular weight is 237 g/mol. The van der Waals surface area contributed by atoms with Gasteiger partial charge in [-0.2, -0.15) is 0 Å². The van der Waals surface area contributed by atoms with E-state index >= 15 is 0 Å². The van der Waals surface area contributed by atoms with E-state index in [1.54, 1.807) is 11.0 Å². The fourth-order valence-corrected chi connectivity index (χ4v) is 2.15. The molecule has 1 aromatic heterocycles. The maximum atomic E-state index is 11.9. The molecule has 0 aliphatic carbocycles. The highest BCUT2D eigenvalue weighted by molar-refractivity contribution is 5.93. The molecule has 5 nitrogen and oxygen atoms in total. The van der Waals surface area contributed by atoms with Gasteiger partial charge in [-0.15, -0.1) is 0 Å². The zero-order chi connectivity index (χ0) is 12.3. The first-order valence-electron chi connectivity index (χ1n) is 5.70. The molecule has 2 rings (SSSR count). The molecule has 5 heteroatoms. The number of amides is 1.